The van der Waals surface area contributed by atoms with Crippen molar-refractivity contribution in [2.24, 2.45) is 0 Å². The van der Waals surface area contributed by atoms with E-state index in [1.54, 1.807) is 0 Å². The fraction of sp³-hybridized carbons (Fsp3) is 0.667. The number of carbonyl (C=O) groups excluding carboxylic acids is 1. The van der Waals surface area contributed by atoms with Crippen LogP contribution in [0.3, 0.4) is 0 Å². The highest BCUT2D eigenvalue weighted by molar-refractivity contribution is 5.73. The molecule has 0 radical (unpaired) electrons. The predicted molar refractivity (Wildman–Crippen MR) is 100 cm³/mol. The van der Waals surface area contributed by atoms with Crippen molar-refractivity contribution in [2.75, 3.05) is 6.61 Å². The average Bonchev–Trinajstić information content (AvgIpc) is 2.72. The minimum Gasteiger partial charge on any atom is -0.388 e. The van der Waals surface area contributed by atoms with Crippen LogP contribution in [0.1, 0.15) is 50.9 Å². The van der Waals surface area contributed by atoms with Gasteiger partial charge in [0.05, 0.1) is 12.7 Å². The van der Waals surface area contributed by atoms with Crippen LogP contribution in [0.4, 0.5) is 0 Å². The zero-order valence-electron chi connectivity index (χ0n) is 16.2. The van der Waals surface area contributed by atoms with E-state index in [9.17, 15) is 9.90 Å². The Morgan fingerprint density at radius 3 is 2.61 bits per heavy atom. The summed E-state index contributed by atoms with van der Waals surface area (Å²) in [5, 5.41) is 13.8. The summed E-state index contributed by atoms with van der Waals surface area (Å²) < 4.78 is 24.2. The molecule has 7 nitrogen and oxygen atoms in total. The number of aliphatic hydroxyl groups excluding tert-OH is 1. The van der Waals surface area contributed by atoms with Crippen molar-refractivity contribution in [3.63, 3.8) is 0 Å². The monoisotopic (exact) mass is 391 g/mol. The van der Waals surface area contributed by atoms with E-state index in [-0.39, 0.29) is 12.0 Å². The third-order valence-electron chi connectivity index (χ3n) is 5.69. The van der Waals surface area contributed by atoms with Crippen molar-refractivity contribution in [3.05, 3.63) is 35.9 Å². The molecule has 1 saturated carbocycles. The van der Waals surface area contributed by atoms with Crippen molar-refractivity contribution in [2.45, 2.75) is 82.1 Å². The summed E-state index contributed by atoms with van der Waals surface area (Å²) in [4.78, 5) is 11.7. The van der Waals surface area contributed by atoms with E-state index in [4.69, 9.17) is 18.9 Å². The number of carbonyl (C=O) groups is 1. The number of hydrogen-bond donors (Lipinski definition) is 2. The minimum atomic E-state index is -0.952. The molecule has 2 aliphatic heterocycles. The number of benzene rings is 1. The Morgan fingerprint density at radius 1 is 1.14 bits per heavy atom. The molecule has 1 aromatic carbocycles. The second kappa shape index (κ2) is 8.88. The maximum Gasteiger partial charge on any atom is 0.217 e. The van der Waals surface area contributed by atoms with Crippen molar-refractivity contribution >= 4 is 5.91 Å². The molecule has 1 aliphatic carbocycles. The lowest BCUT2D eigenvalue weighted by atomic mass is 9.94. The molecule has 0 spiro atoms. The molecule has 0 aromatic heterocycles. The fourth-order valence-electron chi connectivity index (χ4n) is 4.27. The first kappa shape index (κ1) is 19.8. The quantitative estimate of drug-likeness (QED) is 0.817. The predicted octanol–water partition coefficient (Wildman–Crippen LogP) is 2.04. The topological polar surface area (TPSA) is 86.3 Å². The molecule has 1 aromatic rings. The molecule has 2 heterocycles. The van der Waals surface area contributed by atoms with Crippen LogP contribution >= 0.6 is 0 Å². The van der Waals surface area contributed by atoms with Gasteiger partial charge in [-0.15, -0.1) is 0 Å². The van der Waals surface area contributed by atoms with E-state index < -0.39 is 36.9 Å². The average molecular weight is 391 g/mol. The van der Waals surface area contributed by atoms with Crippen molar-refractivity contribution in [1.82, 2.24) is 5.32 Å². The van der Waals surface area contributed by atoms with Gasteiger partial charge in [0.25, 0.3) is 0 Å². The second-order valence-corrected chi connectivity index (χ2v) is 7.83. The summed E-state index contributed by atoms with van der Waals surface area (Å²) in [6.07, 6.45) is 2.20. The number of fused-ring (bicyclic) bond motifs is 1. The highest BCUT2D eigenvalue weighted by Crippen LogP contribution is 2.35. The van der Waals surface area contributed by atoms with Crippen molar-refractivity contribution < 1.29 is 28.8 Å². The van der Waals surface area contributed by atoms with E-state index in [0.717, 1.165) is 31.2 Å². The van der Waals surface area contributed by atoms with Crippen LogP contribution in [0, 0.1) is 0 Å². The maximum absolute atomic E-state index is 11.7. The van der Waals surface area contributed by atoms with Crippen molar-refractivity contribution in [1.29, 1.82) is 0 Å². The van der Waals surface area contributed by atoms with Gasteiger partial charge in [-0.2, -0.15) is 0 Å². The summed E-state index contributed by atoms with van der Waals surface area (Å²) in [6, 6.07) is 8.90. The molecule has 2 N–H and O–H groups in total. The second-order valence-electron chi connectivity index (χ2n) is 7.83. The Kier molecular flexibility index (Phi) is 6.28. The molecule has 0 bridgehead atoms. The molecule has 7 heteroatoms. The lowest BCUT2D eigenvalue weighted by Crippen LogP contribution is -2.67. The summed E-state index contributed by atoms with van der Waals surface area (Å²) in [5.41, 5.74) is 0.879. The van der Waals surface area contributed by atoms with Gasteiger partial charge in [0.2, 0.25) is 5.91 Å². The maximum atomic E-state index is 11.7. The molecule has 6 unspecified atom stereocenters. The van der Waals surface area contributed by atoms with Gasteiger partial charge >= 0.3 is 0 Å². The van der Waals surface area contributed by atoms with Crippen molar-refractivity contribution in [3.8, 4) is 0 Å². The number of hydrogen-bond acceptors (Lipinski definition) is 6. The lowest BCUT2D eigenvalue weighted by molar-refractivity contribution is -0.349. The summed E-state index contributed by atoms with van der Waals surface area (Å²) in [6.45, 7) is 1.71. The molecule has 3 aliphatic rings. The highest BCUT2D eigenvalue weighted by atomic mass is 16.7. The first-order valence-electron chi connectivity index (χ1n) is 10.2. The van der Waals surface area contributed by atoms with E-state index in [1.807, 2.05) is 30.3 Å². The minimum absolute atomic E-state index is 0.0845. The van der Waals surface area contributed by atoms with Gasteiger partial charge in [-0.05, 0) is 12.8 Å². The van der Waals surface area contributed by atoms with Crippen LogP contribution in [-0.4, -0.2) is 54.4 Å². The third kappa shape index (κ3) is 4.39. The largest absolute Gasteiger partial charge is 0.388 e. The fourth-order valence-corrected chi connectivity index (χ4v) is 4.27. The van der Waals surface area contributed by atoms with E-state index in [1.165, 1.54) is 13.3 Å². The third-order valence-corrected chi connectivity index (χ3v) is 5.69. The summed E-state index contributed by atoms with van der Waals surface area (Å²) in [7, 11) is 0. The summed E-state index contributed by atoms with van der Waals surface area (Å²) >= 11 is 0. The van der Waals surface area contributed by atoms with E-state index in [0.29, 0.717) is 6.61 Å². The molecule has 6 atom stereocenters. The number of aliphatic hydroxyl groups is 1. The summed E-state index contributed by atoms with van der Waals surface area (Å²) in [5.74, 6) is -0.241. The van der Waals surface area contributed by atoms with Crippen LogP contribution < -0.4 is 5.32 Å². The number of ether oxygens (including phenoxy) is 4. The van der Waals surface area contributed by atoms with Gasteiger partial charge in [-0.3, -0.25) is 4.79 Å². The van der Waals surface area contributed by atoms with E-state index in [2.05, 4.69) is 5.32 Å². The number of rotatable bonds is 4. The van der Waals surface area contributed by atoms with Gasteiger partial charge < -0.3 is 29.4 Å². The van der Waals surface area contributed by atoms with Gasteiger partial charge in [0.15, 0.2) is 12.6 Å². The molecular weight excluding hydrogens is 362 g/mol. The Balaban J connectivity index is 1.48. The standard InChI is InChI=1S/C21H29NO6/c1-13(23)22-17-18(24)19-16(27-21(17)26-15-10-6-3-7-11-15)12-25-20(28-19)14-8-4-2-5-9-14/h2,4-5,8-9,15-21,24H,3,6-7,10-12H2,1H3,(H,22,23). The molecule has 2 saturated heterocycles. The Labute approximate surface area is 165 Å². The molecular formula is C21H29NO6. The van der Waals surface area contributed by atoms with Crippen LogP contribution in [0.5, 0.6) is 0 Å². The smallest absolute Gasteiger partial charge is 0.217 e. The molecule has 154 valence electrons. The van der Waals surface area contributed by atoms with Crippen LogP contribution in [0.25, 0.3) is 0 Å². The highest BCUT2D eigenvalue weighted by Gasteiger charge is 2.50. The molecule has 1 amide bonds. The van der Waals surface area contributed by atoms with Gasteiger partial charge in [-0.1, -0.05) is 49.6 Å². The van der Waals surface area contributed by atoms with Gasteiger partial charge in [-0.25, -0.2) is 0 Å². The SMILES string of the molecule is CC(=O)NC1C(OC2CCCCC2)OC2COC(c3ccccc3)OC2C1O. The van der Waals surface area contributed by atoms with Crippen LogP contribution in [0.15, 0.2) is 30.3 Å². The van der Waals surface area contributed by atoms with Gasteiger partial charge in [0, 0.05) is 12.5 Å². The zero-order chi connectivity index (χ0) is 19.5. The molecule has 3 fully saturated rings. The Bertz CT molecular complexity index is 650. The van der Waals surface area contributed by atoms with Crippen LogP contribution in [-0.2, 0) is 23.7 Å². The first-order chi connectivity index (χ1) is 13.6. The molecule has 28 heavy (non-hydrogen) atoms. The van der Waals surface area contributed by atoms with E-state index >= 15 is 0 Å². The number of nitrogens with one attached hydrogen (secondary N) is 1. The Hall–Kier alpha value is -1.51. The number of amides is 1. The Morgan fingerprint density at radius 2 is 1.89 bits per heavy atom. The van der Waals surface area contributed by atoms with Crippen LogP contribution in [0.2, 0.25) is 0 Å². The zero-order valence-corrected chi connectivity index (χ0v) is 16.2. The lowest BCUT2D eigenvalue weighted by Gasteiger charge is -2.48. The first-order valence-corrected chi connectivity index (χ1v) is 10.2. The normalized spacial score (nSPS) is 36.5. The van der Waals surface area contributed by atoms with Gasteiger partial charge in [0.1, 0.15) is 24.4 Å². The molecule has 4 rings (SSSR count).